The first-order valence-electron chi connectivity index (χ1n) is 8.67. The van der Waals surface area contributed by atoms with Gasteiger partial charge in [0.25, 0.3) is 0 Å². The molecule has 0 radical (unpaired) electrons. The van der Waals surface area contributed by atoms with Crippen LogP contribution >= 0.6 is 11.6 Å². The van der Waals surface area contributed by atoms with Crippen LogP contribution in [0.1, 0.15) is 24.0 Å². The minimum absolute atomic E-state index is 0.219. The lowest BCUT2D eigenvalue weighted by molar-refractivity contribution is 0.155. The molecule has 4 nitrogen and oxygen atoms in total. The molecule has 1 heterocycles. The van der Waals surface area contributed by atoms with Crippen molar-refractivity contribution < 1.29 is 9.53 Å². The van der Waals surface area contributed by atoms with Crippen LogP contribution in [0, 0.1) is 5.92 Å². The fourth-order valence-electron chi connectivity index (χ4n) is 3.03. The Balaban J connectivity index is 1.45. The number of carbonyl (C=O) groups is 1. The average molecular weight is 359 g/mol. The van der Waals surface area contributed by atoms with Gasteiger partial charge in [-0.25, -0.2) is 4.79 Å². The van der Waals surface area contributed by atoms with Crippen LogP contribution in [0.3, 0.4) is 0 Å². The first-order valence-corrected chi connectivity index (χ1v) is 9.05. The zero-order valence-corrected chi connectivity index (χ0v) is 14.9. The molecular weight excluding hydrogens is 336 g/mol. The van der Waals surface area contributed by atoms with Crippen molar-refractivity contribution >= 4 is 23.4 Å². The van der Waals surface area contributed by atoms with Gasteiger partial charge in [0.2, 0.25) is 0 Å². The number of benzene rings is 2. The van der Waals surface area contributed by atoms with E-state index in [1.165, 1.54) is 18.4 Å². The summed E-state index contributed by atoms with van der Waals surface area (Å²) in [5.74, 6) is 0.754. The van der Waals surface area contributed by atoms with Gasteiger partial charge < -0.3 is 10.1 Å². The Morgan fingerprint density at radius 1 is 1.04 bits per heavy atom. The second-order valence-corrected chi connectivity index (χ2v) is 6.86. The standard InChI is InChI=1S/C20H23ClN2O2/c21-18-5-1-17(2-6-18)14-25-20(24)23-19-7-3-15(4-8-19)13-16-9-11-22-12-10-16/h1-8,16,22H,9-14H2,(H,23,24). The molecule has 1 amide bonds. The maximum atomic E-state index is 11.9. The highest BCUT2D eigenvalue weighted by molar-refractivity contribution is 6.30. The third-order valence-electron chi connectivity index (χ3n) is 4.47. The highest BCUT2D eigenvalue weighted by Crippen LogP contribution is 2.19. The van der Waals surface area contributed by atoms with Crippen molar-refractivity contribution in [2.45, 2.75) is 25.9 Å². The fourth-order valence-corrected chi connectivity index (χ4v) is 3.15. The van der Waals surface area contributed by atoms with Gasteiger partial charge in [-0.3, -0.25) is 5.32 Å². The Bertz CT molecular complexity index is 680. The van der Waals surface area contributed by atoms with E-state index in [4.69, 9.17) is 16.3 Å². The summed E-state index contributed by atoms with van der Waals surface area (Å²) in [7, 11) is 0. The van der Waals surface area contributed by atoms with Gasteiger partial charge in [-0.2, -0.15) is 0 Å². The normalized spacial score (nSPS) is 14.9. The second-order valence-electron chi connectivity index (χ2n) is 6.42. The van der Waals surface area contributed by atoms with Crippen LogP contribution in [-0.2, 0) is 17.8 Å². The Labute approximate surface area is 153 Å². The van der Waals surface area contributed by atoms with Gasteiger partial charge in [0.15, 0.2) is 0 Å². The van der Waals surface area contributed by atoms with Gasteiger partial charge in [-0.05, 0) is 73.7 Å². The monoisotopic (exact) mass is 358 g/mol. The van der Waals surface area contributed by atoms with E-state index in [1.54, 1.807) is 12.1 Å². The third kappa shape index (κ3) is 5.76. The number of halogens is 1. The topological polar surface area (TPSA) is 50.4 Å². The largest absolute Gasteiger partial charge is 0.444 e. The molecule has 5 heteroatoms. The number of rotatable bonds is 5. The number of carbonyl (C=O) groups excluding carboxylic acids is 1. The van der Waals surface area contributed by atoms with E-state index in [1.807, 2.05) is 24.3 Å². The molecule has 1 aliphatic heterocycles. The average Bonchev–Trinajstić information content (AvgIpc) is 2.64. The van der Waals surface area contributed by atoms with Crippen molar-refractivity contribution in [3.63, 3.8) is 0 Å². The van der Waals surface area contributed by atoms with E-state index in [-0.39, 0.29) is 6.61 Å². The molecule has 2 aromatic carbocycles. The van der Waals surface area contributed by atoms with Crippen molar-refractivity contribution in [2.24, 2.45) is 5.92 Å². The van der Waals surface area contributed by atoms with Crippen molar-refractivity contribution in [1.29, 1.82) is 0 Å². The molecule has 0 aliphatic carbocycles. The summed E-state index contributed by atoms with van der Waals surface area (Å²) in [5.41, 5.74) is 2.96. The number of anilines is 1. The third-order valence-corrected chi connectivity index (χ3v) is 4.72. The maximum Gasteiger partial charge on any atom is 0.411 e. The summed E-state index contributed by atoms with van der Waals surface area (Å²) >= 11 is 5.83. The van der Waals surface area contributed by atoms with E-state index < -0.39 is 6.09 Å². The minimum Gasteiger partial charge on any atom is -0.444 e. The zero-order valence-electron chi connectivity index (χ0n) is 14.1. The predicted octanol–water partition coefficient (Wildman–Crippen LogP) is 4.63. The number of hydrogen-bond acceptors (Lipinski definition) is 3. The Morgan fingerprint density at radius 3 is 2.36 bits per heavy atom. The van der Waals surface area contributed by atoms with Gasteiger partial charge in [0.05, 0.1) is 0 Å². The Hall–Kier alpha value is -2.04. The first-order chi connectivity index (χ1) is 12.2. The summed E-state index contributed by atoms with van der Waals surface area (Å²) in [6.07, 6.45) is 3.11. The fraction of sp³-hybridized carbons (Fsp3) is 0.350. The van der Waals surface area contributed by atoms with Gasteiger partial charge in [-0.15, -0.1) is 0 Å². The highest BCUT2D eigenvalue weighted by Gasteiger charge is 2.13. The molecule has 0 spiro atoms. The van der Waals surface area contributed by atoms with Gasteiger partial charge in [0.1, 0.15) is 6.61 Å². The van der Waals surface area contributed by atoms with E-state index in [9.17, 15) is 4.79 Å². The lowest BCUT2D eigenvalue weighted by Gasteiger charge is -2.22. The molecular formula is C20H23ClN2O2. The molecule has 0 atom stereocenters. The SMILES string of the molecule is O=C(Nc1ccc(CC2CCNCC2)cc1)OCc1ccc(Cl)cc1. The van der Waals surface area contributed by atoms with E-state index in [2.05, 4.69) is 22.8 Å². The van der Waals surface area contributed by atoms with Crippen LogP contribution in [0.15, 0.2) is 48.5 Å². The molecule has 0 unspecified atom stereocenters. The summed E-state index contributed by atoms with van der Waals surface area (Å²) in [4.78, 5) is 11.9. The molecule has 1 saturated heterocycles. The molecule has 2 aromatic rings. The van der Waals surface area contributed by atoms with Crippen LogP contribution in [0.2, 0.25) is 5.02 Å². The second kappa shape index (κ2) is 8.88. The van der Waals surface area contributed by atoms with Crippen molar-refractivity contribution in [3.8, 4) is 0 Å². The van der Waals surface area contributed by atoms with Crippen molar-refractivity contribution in [2.75, 3.05) is 18.4 Å². The molecule has 25 heavy (non-hydrogen) atoms. The van der Waals surface area contributed by atoms with Crippen LogP contribution < -0.4 is 10.6 Å². The molecule has 1 aliphatic rings. The summed E-state index contributed by atoms with van der Waals surface area (Å²) < 4.78 is 5.22. The predicted molar refractivity (Wildman–Crippen MR) is 101 cm³/mol. The molecule has 0 saturated carbocycles. The zero-order chi connectivity index (χ0) is 17.5. The van der Waals surface area contributed by atoms with Gasteiger partial charge in [0, 0.05) is 10.7 Å². The molecule has 2 N–H and O–H groups in total. The first kappa shape index (κ1) is 17.8. The lowest BCUT2D eigenvalue weighted by atomic mass is 9.91. The number of piperidine rings is 1. The molecule has 0 aromatic heterocycles. The Morgan fingerprint density at radius 2 is 1.68 bits per heavy atom. The van der Waals surface area contributed by atoms with Gasteiger partial charge >= 0.3 is 6.09 Å². The lowest BCUT2D eigenvalue weighted by Crippen LogP contribution is -2.28. The quantitative estimate of drug-likeness (QED) is 0.819. The van der Waals surface area contributed by atoms with E-state index in [0.717, 1.165) is 36.7 Å². The number of ether oxygens (including phenoxy) is 1. The van der Waals surface area contributed by atoms with Crippen LogP contribution in [-0.4, -0.2) is 19.2 Å². The van der Waals surface area contributed by atoms with E-state index in [0.29, 0.717) is 5.02 Å². The van der Waals surface area contributed by atoms with Crippen LogP contribution in [0.25, 0.3) is 0 Å². The highest BCUT2D eigenvalue weighted by atomic mass is 35.5. The molecule has 3 rings (SSSR count). The van der Waals surface area contributed by atoms with Crippen molar-refractivity contribution in [3.05, 3.63) is 64.7 Å². The van der Waals surface area contributed by atoms with E-state index >= 15 is 0 Å². The van der Waals surface area contributed by atoms with Crippen molar-refractivity contribution in [1.82, 2.24) is 5.32 Å². The Kier molecular flexibility index (Phi) is 6.31. The molecule has 1 fully saturated rings. The summed E-state index contributed by atoms with van der Waals surface area (Å²) in [5, 5.41) is 6.81. The molecule has 132 valence electrons. The smallest absolute Gasteiger partial charge is 0.411 e. The van der Waals surface area contributed by atoms with Crippen LogP contribution in [0.4, 0.5) is 10.5 Å². The number of hydrogen-bond donors (Lipinski definition) is 2. The summed E-state index contributed by atoms with van der Waals surface area (Å²) in [6.45, 7) is 2.45. The maximum absolute atomic E-state index is 11.9. The van der Waals surface area contributed by atoms with Crippen LogP contribution in [0.5, 0.6) is 0 Å². The molecule has 0 bridgehead atoms. The summed E-state index contributed by atoms with van der Waals surface area (Å²) in [6, 6.07) is 15.3. The number of nitrogens with one attached hydrogen (secondary N) is 2. The minimum atomic E-state index is -0.457. The van der Waals surface area contributed by atoms with Gasteiger partial charge in [-0.1, -0.05) is 35.9 Å². The number of amides is 1.